The first-order valence-electron chi connectivity index (χ1n) is 11.0. The Hall–Kier alpha value is -1.16. The van der Waals surface area contributed by atoms with Gasteiger partial charge in [-0.2, -0.15) is 0 Å². The summed E-state index contributed by atoms with van der Waals surface area (Å²) >= 11 is 0. The van der Waals surface area contributed by atoms with Crippen molar-refractivity contribution in [1.29, 1.82) is 0 Å². The first kappa shape index (κ1) is 19.2. The molecule has 2 N–H and O–H groups in total. The highest BCUT2D eigenvalue weighted by atomic mass is 16.6. The van der Waals surface area contributed by atoms with Gasteiger partial charge in [0.2, 0.25) is 0 Å². The van der Waals surface area contributed by atoms with E-state index < -0.39 is 0 Å². The quantitative estimate of drug-likeness (QED) is 0.453. The summed E-state index contributed by atoms with van der Waals surface area (Å²) in [5, 5.41) is 4.40. The maximum Gasteiger partial charge on any atom is 0.139 e. The van der Waals surface area contributed by atoms with E-state index in [0.29, 0.717) is 48.0 Å². The van der Waals surface area contributed by atoms with E-state index >= 15 is 0 Å². The Morgan fingerprint density at radius 2 is 2.04 bits per heavy atom. The number of carbonyl (C=O) groups is 1. The Morgan fingerprint density at radius 1 is 1.22 bits per heavy atom. The SMILES string of the molecule is C=C[C@H]1C[C@@H]2[C@H](CC[C@]3(C)C(=O)CC[C@@H]23)[C@@]2(C)CC/C(=N/OCCN)CC12. The molecule has 0 amide bonds. The van der Waals surface area contributed by atoms with Gasteiger partial charge in [-0.05, 0) is 80.0 Å². The number of Topliss-reactive ketones (excluding diaryl/α,β-unsaturated/α-hetero) is 1. The van der Waals surface area contributed by atoms with E-state index in [1.54, 1.807) is 0 Å². The van der Waals surface area contributed by atoms with Gasteiger partial charge >= 0.3 is 0 Å². The number of oxime groups is 1. The van der Waals surface area contributed by atoms with Crippen LogP contribution in [-0.2, 0) is 9.63 Å². The molecule has 4 saturated carbocycles. The van der Waals surface area contributed by atoms with Gasteiger partial charge in [-0.15, -0.1) is 6.58 Å². The Balaban J connectivity index is 1.60. The lowest BCUT2D eigenvalue weighted by atomic mass is 9.43. The number of carbonyl (C=O) groups excluding carboxylic acids is 1. The van der Waals surface area contributed by atoms with Crippen LogP contribution in [0.3, 0.4) is 0 Å². The molecule has 27 heavy (non-hydrogen) atoms. The lowest BCUT2D eigenvalue weighted by Gasteiger charge is -2.61. The molecule has 0 radical (unpaired) electrons. The highest BCUT2D eigenvalue weighted by Crippen LogP contribution is 2.66. The van der Waals surface area contributed by atoms with Crippen molar-refractivity contribution < 1.29 is 9.63 Å². The average Bonchev–Trinajstić information content (AvgIpc) is 2.96. The number of rotatable bonds is 4. The summed E-state index contributed by atoms with van der Waals surface area (Å²) < 4.78 is 0. The molecule has 0 spiro atoms. The first-order chi connectivity index (χ1) is 12.9. The van der Waals surface area contributed by atoms with E-state index in [-0.39, 0.29) is 5.41 Å². The van der Waals surface area contributed by atoms with Crippen molar-refractivity contribution in [3.05, 3.63) is 12.7 Å². The monoisotopic (exact) mass is 372 g/mol. The molecule has 4 rings (SSSR count). The number of hydrogen-bond donors (Lipinski definition) is 1. The second-order valence-electron chi connectivity index (χ2n) is 10.0. The van der Waals surface area contributed by atoms with Gasteiger partial charge < -0.3 is 10.6 Å². The largest absolute Gasteiger partial charge is 0.395 e. The lowest BCUT2D eigenvalue weighted by molar-refractivity contribution is -0.140. The van der Waals surface area contributed by atoms with Crippen molar-refractivity contribution in [3.8, 4) is 0 Å². The van der Waals surface area contributed by atoms with Crippen LogP contribution in [0.4, 0.5) is 0 Å². The molecule has 150 valence electrons. The van der Waals surface area contributed by atoms with Gasteiger partial charge in [0.25, 0.3) is 0 Å². The number of ketones is 1. The Labute approximate surface area is 164 Å². The van der Waals surface area contributed by atoms with Crippen molar-refractivity contribution in [2.45, 2.75) is 65.2 Å². The maximum absolute atomic E-state index is 12.6. The third kappa shape index (κ3) is 2.90. The van der Waals surface area contributed by atoms with Gasteiger partial charge in [0.15, 0.2) is 0 Å². The minimum atomic E-state index is -0.0482. The third-order valence-electron chi connectivity index (χ3n) is 9.01. The molecule has 0 aromatic heterocycles. The predicted molar refractivity (Wildman–Crippen MR) is 108 cm³/mol. The van der Waals surface area contributed by atoms with Gasteiger partial charge in [-0.3, -0.25) is 4.79 Å². The summed E-state index contributed by atoms with van der Waals surface area (Å²) in [6, 6.07) is 0. The summed E-state index contributed by atoms with van der Waals surface area (Å²) in [6.45, 7) is 10.0. The fraction of sp³-hybridized carbons (Fsp3) is 0.826. The molecule has 4 nitrogen and oxygen atoms in total. The normalized spacial score (nSPS) is 47.9. The van der Waals surface area contributed by atoms with Crippen LogP contribution in [-0.4, -0.2) is 24.6 Å². The van der Waals surface area contributed by atoms with Crippen LogP contribution < -0.4 is 5.73 Å². The molecule has 0 saturated heterocycles. The second kappa shape index (κ2) is 7.02. The fourth-order valence-corrected chi connectivity index (χ4v) is 7.51. The van der Waals surface area contributed by atoms with Gasteiger partial charge in [-0.25, -0.2) is 0 Å². The average molecular weight is 373 g/mol. The molecule has 0 aromatic carbocycles. The zero-order valence-electron chi connectivity index (χ0n) is 17.1. The summed E-state index contributed by atoms with van der Waals surface area (Å²) in [7, 11) is 0. The Kier molecular flexibility index (Phi) is 4.99. The maximum atomic E-state index is 12.6. The molecule has 0 bridgehead atoms. The highest BCUT2D eigenvalue weighted by molar-refractivity contribution is 5.87. The van der Waals surface area contributed by atoms with Gasteiger partial charge in [0, 0.05) is 18.4 Å². The van der Waals surface area contributed by atoms with Crippen LogP contribution in [0.25, 0.3) is 0 Å². The van der Waals surface area contributed by atoms with E-state index in [0.717, 1.165) is 38.0 Å². The number of allylic oxidation sites excluding steroid dienone is 1. The third-order valence-corrected chi connectivity index (χ3v) is 9.01. The minimum absolute atomic E-state index is 0.0482. The van der Waals surface area contributed by atoms with Crippen LogP contribution in [0.2, 0.25) is 0 Å². The Morgan fingerprint density at radius 3 is 2.78 bits per heavy atom. The molecular formula is C23H36N2O2. The van der Waals surface area contributed by atoms with E-state index in [1.165, 1.54) is 25.0 Å². The van der Waals surface area contributed by atoms with Crippen molar-refractivity contribution >= 4 is 11.5 Å². The smallest absolute Gasteiger partial charge is 0.139 e. The molecular weight excluding hydrogens is 336 g/mol. The van der Waals surface area contributed by atoms with Gasteiger partial charge in [-0.1, -0.05) is 25.1 Å². The molecule has 0 aliphatic heterocycles. The van der Waals surface area contributed by atoms with Crippen LogP contribution in [0.5, 0.6) is 0 Å². The van der Waals surface area contributed by atoms with Crippen molar-refractivity contribution in [3.63, 3.8) is 0 Å². The number of hydrogen-bond acceptors (Lipinski definition) is 4. The molecule has 4 fully saturated rings. The highest BCUT2D eigenvalue weighted by Gasteiger charge is 2.61. The lowest BCUT2D eigenvalue weighted by Crippen LogP contribution is -2.56. The van der Waals surface area contributed by atoms with Crippen molar-refractivity contribution in [1.82, 2.24) is 0 Å². The summed E-state index contributed by atoms with van der Waals surface area (Å²) in [6.07, 6.45) is 10.9. The molecule has 0 heterocycles. The number of nitrogens with two attached hydrogens (primary N) is 1. The second-order valence-corrected chi connectivity index (χ2v) is 10.0. The first-order valence-corrected chi connectivity index (χ1v) is 11.0. The Bertz CT molecular complexity index is 644. The zero-order valence-corrected chi connectivity index (χ0v) is 17.1. The van der Waals surface area contributed by atoms with E-state index in [2.05, 4.69) is 31.7 Å². The van der Waals surface area contributed by atoms with Gasteiger partial charge in [0.1, 0.15) is 12.4 Å². The summed E-state index contributed by atoms with van der Waals surface area (Å²) in [5.74, 6) is 3.68. The topological polar surface area (TPSA) is 64.7 Å². The van der Waals surface area contributed by atoms with Gasteiger partial charge in [0.05, 0.1) is 5.71 Å². The molecule has 1 unspecified atom stereocenters. The molecule has 7 atom stereocenters. The molecule has 4 aliphatic rings. The summed E-state index contributed by atoms with van der Waals surface area (Å²) in [4.78, 5) is 18.0. The molecule has 4 aliphatic carbocycles. The zero-order chi connectivity index (χ0) is 19.2. The van der Waals surface area contributed by atoms with E-state index in [4.69, 9.17) is 10.6 Å². The fourth-order valence-electron chi connectivity index (χ4n) is 7.51. The number of fused-ring (bicyclic) bond motifs is 5. The summed E-state index contributed by atoms with van der Waals surface area (Å²) in [5.41, 5.74) is 7.01. The minimum Gasteiger partial charge on any atom is -0.395 e. The van der Waals surface area contributed by atoms with Crippen LogP contribution in [0.15, 0.2) is 17.8 Å². The molecule has 0 aromatic rings. The van der Waals surface area contributed by atoms with Crippen LogP contribution in [0.1, 0.15) is 65.2 Å². The van der Waals surface area contributed by atoms with E-state index in [9.17, 15) is 4.79 Å². The van der Waals surface area contributed by atoms with Crippen molar-refractivity contribution in [2.24, 2.45) is 51.3 Å². The predicted octanol–water partition coefficient (Wildman–Crippen LogP) is 4.34. The number of nitrogens with zero attached hydrogens (tertiary/aromatic N) is 1. The van der Waals surface area contributed by atoms with Crippen LogP contribution in [0, 0.1) is 40.4 Å². The van der Waals surface area contributed by atoms with Crippen LogP contribution >= 0.6 is 0 Å². The molecule has 4 heteroatoms. The standard InChI is InChI=1S/C23H36N2O2/c1-4-15-13-17-18-5-6-21(26)23(18,3)10-8-19(17)22(2)9-7-16(14-20(15)22)25-27-12-11-24/h4,15,17-20H,1,5-14,24H2,2-3H3/b25-16-/t15-,17-,18-,19-,20?,22+,23-/m0/s1. The van der Waals surface area contributed by atoms with Crippen molar-refractivity contribution in [2.75, 3.05) is 13.2 Å². The van der Waals surface area contributed by atoms with E-state index in [1.807, 2.05) is 0 Å².